The Labute approximate surface area is 163 Å². The molecule has 0 atom stereocenters. The van der Waals surface area contributed by atoms with Crippen LogP contribution in [0.3, 0.4) is 0 Å². The summed E-state index contributed by atoms with van der Waals surface area (Å²) in [6.45, 7) is 1.84. The second-order valence-electron chi connectivity index (χ2n) is 7.10. The van der Waals surface area contributed by atoms with Crippen LogP contribution in [0.15, 0.2) is 41.3 Å². The topological polar surface area (TPSA) is 82.5 Å². The number of fused-ring (bicyclic) bond motifs is 4. The number of ether oxygens (including phenoxy) is 2. The maximum Gasteiger partial charge on any atom is 0.262 e. The highest BCUT2D eigenvalue weighted by atomic mass is 32.2. The molecule has 2 aliphatic heterocycles. The Morgan fingerprint density at radius 2 is 1.82 bits per heavy atom. The molecule has 8 heteroatoms. The average Bonchev–Trinajstić information content (AvgIpc) is 2.87. The number of hydrogen-bond acceptors (Lipinski definition) is 5. The zero-order chi connectivity index (χ0) is 19.1. The summed E-state index contributed by atoms with van der Waals surface area (Å²) in [4.78, 5) is 4.86. The highest BCUT2D eigenvalue weighted by molar-refractivity contribution is 7.92. The van der Waals surface area contributed by atoms with Gasteiger partial charge in [-0.05, 0) is 43.2 Å². The van der Waals surface area contributed by atoms with E-state index < -0.39 is 10.0 Å². The Hall–Kier alpha value is -2.74. The summed E-state index contributed by atoms with van der Waals surface area (Å²) in [6.07, 6.45) is 4.48. The Morgan fingerprint density at radius 1 is 0.964 bits per heavy atom. The lowest BCUT2D eigenvalue weighted by Crippen LogP contribution is -2.17. The van der Waals surface area contributed by atoms with Gasteiger partial charge >= 0.3 is 0 Å². The monoisotopic (exact) mass is 399 g/mol. The zero-order valence-electron chi connectivity index (χ0n) is 15.3. The number of aromatic nitrogens is 2. The molecule has 1 aromatic heterocycles. The lowest BCUT2D eigenvalue weighted by Gasteiger charge is -2.19. The summed E-state index contributed by atoms with van der Waals surface area (Å²) in [7, 11) is -3.74. The molecule has 5 rings (SSSR count). The third-order valence-electron chi connectivity index (χ3n) is 5.19. The van der Waals surface area contributed by atoms with Crippen molar-refractivity contribution in [2.45, 2.75) is 37.1 Å². The lowest BCUT2D eigenvalue weighted by molar-refractivity contribution is 0.171. The molecule has 28 heavy (non-hydrogen) atoms. The minimum Gasteiger partial charge on any atom is -0.486 e. The van der Waals surface area contributed by atoms with Crippen molar-refractivity contribution in [3.05, 3.63) is 42.2 Å². The number of rotatable bonds is 3. The first-order valence-corrected chi connectivity index (χ1v) is 11.0. The largest absolute Gasteiger partial charge is 0.486 e. The summed E-state index contributed by atoms with van der Waals surface area (Å²) in [5, 5.41) is 0. The van der Waals surface area contributed by atoms with Crippen LogP contribution in [-0.2, 0) is 23.0 Å². The van der Waals surface area contributed by atoms with Crippen LogP contribution in [0.4, 0.5) is 5.69 Å². The highest BCUT2D eigenvalue weighted by Gasteiger charge is 2.20. The van der Waals surface area contributed by atoms with Crippen LogP contribution in [0.5, 0.6) is 11.5 Å². The van der Waals surface area contributed by atoms with Gasteiger partial charge in [0, 0.05) is 19.0 Å². The van der Waals surface area contributed by atoms with Gasteiger partial charge in [-0.3, -0.25) is 4.72 Å². The predicted molar refractivity (Wildman–Crippen MR) is 106 cm³/mol. The molecular formula is C20H21N3O4S. The van der Waals surface area contributed by atoms with Gasteiger partial charge in [0.15, 0.2) is 11.5 Å². The van der Waals surface area contributed by atoms with Crippen LogP contribution in [0.25, 0.3) is 11.0 Å². The molecule has 0 unspecified atom stereocenters. The van der Waals surface area contributed by atoms with E-state index in [0.29, 0.717) is 30.4 Å². The Bertz CT molecular complexity index is 1150. The normalized spacial score (nSPS) is 16.4. The van der Waals surface area contributed by atoms with Gasteiger partial charge in [0.05, 0.1) is 21.6 Å². The Morgan fingerprint density at radius 3 is 2.71 bits per heavy atom. The van der Waals surface area contributed by atoms with Crippen LogP contribution < -0.4 is 14.2 Å². The van der Waals surface area contributed by atoms with E-state index in [1.807, 2.05) is 6.07 Å². The second kappa shape index (κ2) is 6.70. The molecule has 3 heterocycles. The maximum absolute atomic E-state index is 12.8. The molecular weight excluding hydrogens is 378 g/mol. The zero-order valence-corrected chi connectivity index (χ0v) is 16.2. The number of sulfonamides is 1. The van der Waals surface area contributed by atoms with Crippen LogP contribution in [0.1, 0.15) is 25.1 Å². The fourth-order valence-corrected chi connectivity index (χ4v) is 4.88. The van der Waals surface area contributed by atoms with E-state index >= 15 is 0 Å². The van der Waals surface area contributed by atoms with Gasteiger partial charge in [-0.1, -0.05) is 6.42 Å². The standard InChI is InChI=1S/C20H21N3O4S/c24-28(25,15-6-8-18-19(13-15)27-11-10-26-18)22-14-5-7-17-16(12-14)21-20-4-2-1-3-9-23(17)20/h5-8,12-13,22H,1-4,9-11H2. The number of nitrogens with zero attached hydrogens (tertiary/aromatic N) is 2. The predicted octanol–water partition coefficient (Wildman–Crippen LogP) is 3.33. The van der Waals surface area contributed by atoms with E-state index in [4.69, 9.17) is 14.5 Å². The smallest absolute Gasteiger partial charge is 0.262 e. The highest BCUT2D eigenvalue weighted by Crippen LogP contribution is 2.33. The van der Waals surface area contributed by atoms with Crippen molar-refractivity contribution in [1.29, 1.82) is 0 Å². The molecule has 1 N–H and O–H groups in total. The summed E-state index contributed by atoms with van der Waals surface area (Å²) >= 11 is 0. The van der Waals surface area contributed by atoms with Crippen molar-refractivity contribution < 1.29 is 17.9 Å². The summed E-state index contributed by atoms with van der Waals surface area (Å²) in [6, 6.07) is 10.2. The van der Waals surface area contributed by atoms with Crippen LogP contribution >= 0.6 is 0 Å². The molecule has 0 radical (unpaired) electrons. The van der Waals surface area contributed by atoms with E-state index in [2.05, 4.69) is 9.29 Å². The van der Waals surface area contributed by atoms with Crippen LogP contribution in [0, 0.1) is 0 Å². The van der Waals surface area contributed by atoms with Crippen molar-refractivity contribution in [3.63, 3.8) is 0 Å². The third-order valence-corrected chi connectivity index (χ3v) is 6.56. The molecule has 0 fully saturated rings. The number of anilines is 1. The number of benzene rings is 2. The SMILES string of the molecule is O=S(=O)(Nc1ccc2c(c1)nc1n2CCCCC1)c1ccc2c(c1)OCCO2. The molecule has 146 valence electrons. The van der Waals surface area contributed by atoms with Gasteiger partial charge in [-0.15, -0.1) is 0 Å². The van der Waals surface area contributed by atoms with Crippen LogP contribution in [0.2, 0.25) is 0 Å². The number of aryl methyl sites for hydroxylation is 2. The summed E-state index contributed by atoms with van der Waals surface area (Å²) in [5.74, 6) is 2.09. The Kier molecular flexibility index (Phi) is 4.16. The molecule has 0 spiro atoms. The molecule has 0 saturated heterocycles. The van der Waals surface area contributed by atoms with Gasteiger partial charge in [-0.25, -0.2) is 13.4 Å². The number of nitrogens with one attached hydrogen (secondary N) is 1. The van der Waals surface area contributed by atoms with Gasteiger partial charge in [0.2, 0.25) is 0 Å². The molecule has 7 nitrogen and oxygen atoms in total. The minimum absolute atomic E-state index is 0.137. The van der Waals surface area contributed by atoms with Crippen molar-refractivity contribution in [1.82, 2.24) is 9.55 Å². The van der Waals surface area contributed by atoms with Crippen molar-refractivity contribution in [2.75, 3.05) is 17.9 Å². The first kappa shape index (κ1) is 17.4. The summed E-state index contributed by atoms with van der Waals surface area (Å²) < 4.78 is 41.5. The van der Waals surface area contributed by atoms with Crippen LogP contribution in [-0.4, -0.2) is 31.2 Å². The quantitative estimate of drug-likeness (QED) is 0.730. The summed E-state index contributed by atoms with van der Waals surface area (Å²) in [5.41, 5.74) is 2.37. The molecule has 2 aromatic carbocycles. The van der Waals surface area contributed by atoms with E-state index in [9.17, 15) is 8.42 Å². The molecule has 0 amide bonds. The van der Waals surface area contributed by atoms with E-state index in [0.717, 1.165) is 42.7 Å². The van der Waals surface area contributed by atoms with E-state index in [-0.39, 0.29) is 4.90 Å². The molecule has 0 bridgehead atoms. The third kappa shape index (κ3) is 3.07. The Balaban J connectivity index is 1.45. The minimum atomic E-state index is -3.74. The first-order valence-electron chi connectivity index (χ1n) is 9.52. The molecule has 2 aliphatic rings. The molecule has 0 saturated carbocycles. The fraction of sp³-hybridized carbons (Fsp3) is 0.350. The van der Waals surface area contributed by atoms with Gasteiger partial charge < -0.3 is 14.0 Å². The van der Waals surface area contributed by atoms with E-state index in [1.54, 1.807) is 18.2 Å². The first-order chi connectivity index (χ1) is 13.6. The van der Waals surface area contributed by atoms with Crippen molar-refractivity contribution in [3.8, 4) is 11.5 Å². The van der Waals surface area contributed by atoms with Crippen molar-refractivity contribution in [2.24, 2.45) is 0 Å². The second-order valence-corrected chi connectivity index (χ2v) is 8.79. The van der Waals surface area contributed by atoms with Gasteiger partial charge in [0.25, 0.3) is 10.0 Å². The number of imidazole rings is 1. The van der Waals surface area contributed by atoms with Crippen molar-refractivity contribution >= 4 is 26.7 Å². The number of hydrogen-bond donors (Lipinski definition) is 1. The fourth-order valence-electron chi connectivity index (χ4n) is 3.82. The molecule has 0 aliphatic carbocycles. The van der Waals surface area contributed by atoms with E-state index in [1.165, 1.54) is 18.6 Å². The average molecular weight is 399 g/mol. The lowest BCUT2D eigenvalue weighted by atomic mass is 10.2. The molecule has 3 aromatic rings. The maximum atomic E-state index is 12.8. The van der Waals surface area contributed by atoms with Gasteiger partial charge in [-0.2, -0.15) is 0 Å². The van der Waals surface area contributed by atoms with Gasteiger partial charge in [0.1, 0.15) is 19.0 Å².